The number of hydrogen-bond donors (Lipinski definition) is 1. The van der Waals surface area contributed by atoms with Gasteiger partial charge in [0.25, 0.3) is 0 Å². The molecule has 1 N–H and O–H groups in total. The van der Waals surface area contributed by atoms with Crippen molar-refractivity contribution in [3.05, 3.63) is 53.9 Å². The number of hydrogen-bond acceptors (Lipinski definition) is 7. The second-order valence-electron chi connectivity index (χ2n) is 8.52. The Balaban J connectivity index is 1.48. The molecule has 0 aliphatic carbocycles. The van der Waals surface area contributed by atoms with E-state index in [0.717, 1.165) is 27.6 Å². The Labute approximate surface area is 186 Å². The number of amides is 1. The fourth-order valence-electron chi connectivity index (χ4n) is 2.80. The summed E-state index contributed by atoms with van der Waals surface area (Å²) in [5, 5.41) is 3.49. The maximum absolute atomic E-state index is 12.3. The number of rotatable bonds is 8. The summed E-state index contributed by atoms with van der Waals surface area (Å²) in [4.78, 5) is 23.0. The molecule has 0 fully saturated rings. The number of thiazole rings is 1. The van der Waals surface area contributed by atoms with Crippen molar-refractivity contribution in [2.24, 2.45) is 5.41 Å². The predicted molar refractivity (Wildman–Crippen MR) is 124 cm³/mol. The molecule has 2 heterocycles. The molecule has 0 saturated carbocycles. The van der Waals surface area contributed by atoms with Crippen LogP contribution in [0.25, 0.3) is 0 Å². The molecule has 160 valence electrons. The second kappa shape index (κ2) is 9.66. The van der Waals surface area contributed by atoms with Crippen LogP contribution < -0.4 is 10.2 Å². The molecule has 0 aliphatic heterocycles. The number of anilines is 2. The molecule has 0 unspecified atom stereocenters. The summed E-state index contributed by atoms with van der Waals surface area (Å²) in [6.45, 7) is 6.53. The van der Waals surface area contributed by atoms with E-state index in [-0.39, 0.29) is 11.3 Å². The molecule has 8 heteroatoms. The number of aromatic nitrogens is 2. The van der Waals surface area contributed by atoms with E-state index < -0.39 is 0 Å². The fraction of sp³-hybridized carbons (Fsp3) is 0.409. The van der Waals surface area contributed by atoms with E-state index in [1.807, 2.05) is 49.5 Å². The molecule has 3 rings (SSSR count). The molecule has 1 amide bonds. The minimum absolute atomic E-state index is 0.0713. The molecule has 0 saturated heterocycles. The van der Waals surface area contributed by atoms with Gasteiger partial charge in [-0.1, -0.05) is 44.2 Å². The summed E-state index contributed by atoms with van der Waals surface area (Å²) in [5.74, 6) is 2.18. The lowest BCUT2D eigenvalue weighted by molar-refractivity contribution is -0.115. The third kappa shape index (κ3) is 6.88. The lowest BCUT2D eigenvalue weighted by atomic mass is 9.91. The summed E-state index contributed by atoms with van der Waals surface area (Å²) >= 11 is 3.06. The zero-order valence-corrected chi connectivity index (χ0v) is 19.7. The maximum atomic E-state index is 12.3. The van der Waals surface area contributed by atoms with Crippen LogP contribution in [0.1, 0.15) is 38.0 Å². The average Bonchev–Trinajstić information content (AvgIpc) is 3.28. The van der Waals surface area contributed by atoms with E-state index in [4.69, 9.17) is 4.42 Å². The van der Waals surface area contributed by atoms with Gasteiger partial charge in [-0.05, 0) is 23.1 Å². The van der Waals surface area contributed by atoms with Crippen molar-refractivity contribution in [1.82, 2.24) is 9.97 Å². The molecule has 0 aliphatic rings. The smallest absolute Gasteiger partial charge is 0.230 e. The first-order valence-electron chi connectivity index (χ1n) is 9.76. The van der Waals surface area contributed by atoms with Crippen molar-refractivity contribution in [2.45, 2.75) is 43.6 Å². The van der Waals surface area contributed by atoms with Crippen molar-refractivity contribution in [1.29, 1.82) is 0 Å². The molecule has 6 nitrogen and oxygen atoms in total. The number of nitrogens with zero attached hydrogens (tertiary/aromatic N) is 3. The normalized spacial score (nSPS) is 11.5. The largest absolute Gasteiger partial charge is 0.445 e. The van der Waals surface area contributed by atoms with E-state index in [0.29, 0.717) is 23.2 Å². The fourth-order valence-corrected chi connectivity index (χ4v) is 4.54. The van der Waals surface area contributed by atoms with Gasteiger partial charge in [-0.2, -0.15) is 0 Å². The number of nitrogens with one attached hydrogen (secondary N) is 1. The second-order valence-corrected chi connectivity index (χ2v) is 10.8. The molecule has 0 atom stereocenters. The Morgan fingerprint density at radius 3 is 2.57 bits per heavy atom. The van der Waals surface area contributed by atoms with Gasteiger partial charge in [-0.15, -0.1) is 11.8 Å². The summed E-state index contributed by atoms with van der Waals surface area (Å²) in [6.07, 6.45) is 4.77. The first kappa shape index (κ1) is 22.4. The molecule has 2 aromatic heterocycles. The number of thioether (sulfide) groups is 1. The minimum atomic E-state index is -0.0713. The van der Waals surface area contributed by atoms with Crippen molar-refractivity contribution < 1.29 is 9.21 Å². The van der Waals surface area contributed by atoms with Crippen molar-refractivity contribution in [3.63, 3.8) is 0 Å². The van der Waals surface area contributed by atoms with Crippen LogP contribution in [-0.2, 0) is 23.4 Å². The van der Waals surface area contributed by atoms with Crippen LogP contribution >= 0.6 is 23.1 Å². The molecule has 0 bridgehead atoms. The molecular formula is C22H28N4O2S2. The zero-order chi connectivity index (χ0) is 21.7. The SMILES string of the molecule is CN(C)c1ccc(CC(=O)Nc2ncc(SCc3ncc(CC(C)(C)C)o3)s2)cc1. The van der Waals surface area contributed by atoms with Gasteiger partial charge in [0.15, 0.2) is 5.13 Å². The maximum Gasteiger partial charge on any atom is 0.230 e. The van der Waals surface area contributed by atoms with Crippen LogP contribution in [0.15, 0.2) is 45.3 Å². The van der Waals surface area contributed by atoms with E-state index in [1.165, 1.54) is 11.3 Å². The average molecular weight is 445 g/mol. The summed E-state index contributed by atoms with van der Waals surface area (Å²) in [6, 6.07) is 7.97. The van der Waals surface area contributed by atoms with Crippen LogP contribution in [0.3, 0.4) is 0 Å². The van der Waals surface area contributed by atoms with Crippen LogP contribution in [0.4, 0.5) is 10.8 Å². The Bertz CT molecular complexity index is 972. The van der Waals surface area contributed by atoms with E-state index in [2.05, 4.69) is 36.1 Å². The number of oxazole rings is 1. The van der Waals surface area contributed by atoms with Gasteiger partial charge in [0.05, 0.1) is 28.8 Å². The van der Waals surface area contributed by atoms with Gasteiger partial charge in [0.1, 0.15) is 5.76 Å². The molecule has 0 radical (unpaired) electrons. The van der Waals surface area contributed by atoms with Gasteiger partial charge >= 0.3 is 0 Å². The summed E-state index contributed by atoms with van der Waals surface area (Å²) in [5.41, 5.74) is 2.25. The van der Waals surface area contributed by atoms with Crippen molar-refractivity contribution in [3.8, 4) is 0 Å². The molecule has 30 heavy (non-hydrogen) atoms. The van der Waals surface area contributed by atoms with Crippen LogP contribution in [0, 0.1) is 5.41 Å². The highest BCUT2D eigenvalue weighted by Gasteiger charge is 2.15. The zero-order valence-electron chi connectivity index (χ0n) is 18.1. The van der Waals surface area contributed by atoms with Crippen LogP contribution in [0.2, 0.25) is 0 Å². The Kier molecular flexibility index (Phi) is 7.20. The monoisotopic (exact) mass is 444 g/mol. The van der Waals surface area contributed by atoms with Gasteiger partial charge in [-0.3, -0.25) is 4.79 Å². The first-order valence-corrected chi connectivity index (χ1v) is 11.6. The van der Waals surface area contributed by atoms with E-state index >= 15 is 0 Å². The highest BCUT2D eigenvalue weighted by atomic mass is 32.2. The number of carbonyl (C=O) groups excluding carboxylic acids is 1. The van der Waals surface area contributed by atoms with Gasteiger partial charge in [0.2, 0.25) is 11.8 Å². The van der Waals surface area contributed by atoms with Crippen LogP contribution in [0.5, 0.6) is 0 Å². The van der Waals surface area contributed by atoms with Crippen molar-refractivity contribution >= 4 is 39.8 Å². The van der Waals surface area contributed by atoms with E-state index in [9.17, 15) is 4.79 Å². The highest BCUT2D eigenvalue weighted by Crippen LogP contribution is 2.31. The Morgan fingerprint density at radius 2 is 1.90 bits per heavy atom. The molecular weight excluding hydrogens is 416 g/mol. The lowest BCUT2D eigenvalue weighted by Crippen LogP contribution is -2.14. The Morgan fingerprint density at radius 1 is 1.17 bits per heavy atom. The molecule has 1 aromatic carbocycles. The highest BCUT2D eigenvalue weighted by molar-refractivity contribution is 8.00. The lowest BCUT2D eigenvalue weighted by Gasteiger charge is -2.15. The standard InChI is InChI=1S/C22H28N4O2S2/c1-22(2,3)11-17-12-23-19(28-17)14-29-20-13-24-21(30-20)25-18(27)10-15-6-8-16(9-7-15)26(4)5/h6-9,12-13H,10-11,14H2,1-5H3,(H,24,25,27). The quantitative estimate of drug-likeness (QED) is 0.478. The van der Waals surface area contributed by atoms with Gasteiger partial charge in [0, 0.05) is 26.2 Å². The number of benzene rings is 1. The van der Waals surface area contributed by atoms with Crippen LogP contribution in [-0.4, -0.2) is 30.0 Å². The first-order chi connectivity index (χ1) is 14.2. The third-order valence-electron chi connectivity index (χ3n) is 4.19. The van der Waals surface area contributed by atoms with Crippen molar-refractivity contribution in [2.75, 3.05) is 24.3 Å². The third-order valence-corrected chi connectivity index (χ3v) is 6.28. The predicted octanol–water partition coefficient (Wildman–Crippen LogP) is 5.26. The summed E-state index contributed by atoms with van der Waals surface area (Å²) < 4.78 is 6.83. The van der Waals surface area contributed by atoms with Gasteiger partial charge in [-0.25, -0.2) is 9.97 Å². The minimum Gasteiger partial charge on any atom is -0.445 e. The van der Waals surface area contributed by atoms with E-state index in [1.54, 1.807) is 18.0 Å². The Hall–Kier alpha value is -2.32. The molecule has 0 spiro atoms. The summed E-state index contributed by atoms with van der Waals surface area (Å²) in [7, 11) is 3.99. The molecule has 3 aromatic rings. The van der Waals surface area contributed by atoms with Gasteiger partial charge < -0.3 is 14.6 Å². The topological polar surface area (TPSA) is 71.3 Å². The number of carbonyl (C=O) groups is 1.